The van der Waals surface area contributed by atoms with Crippen LogP contribution >= 0.6 is 0 Å². The summed E-state index contributed by atoms with van der Waals surface area (Å²) in [5, 5.41) is 31.6. The largest absolute Gasteiger partial charge is 0.493 e. The first kappa shape index (κ1) is 22.6. The number of aliphatic hydroxyl groups is 2. The van der Waals surface area contributed by atoms with Gasteiger partial charge in [0.05, 0.1) is 24.6 Å². The van der Waals surface area contributed by atoms with Crippen LogP contribution in [0.15, 0.2) is 30.7 Å². The number of aromatic nitrogens is 3. The smallest absolute Gasteiger partial charge is 0.258 e. The van der Waals surface area contributed by atoms with Crippen LogP contribution in [0.4, 0.5) is 17.2 Å². The van der Waals surface area contributed by atoms with Gasteiger partial charge < -0.3 is 30.9 Å². The Labute approximate surface area is 190 Å². The number of rotatable bonds is 8. The number of amides is 2. The molecule has 0 atom stereocenters. The molecule has 3 aromatic rings. The number of pyridine rings is 2. The van der Waals surface area contributed by atoms with Gasteiger partial charge in [0.15, 0.2) is 11.6 Å². The van der Waals surface area contributed by atoms with Gasteiger partial charge in [-0.15, -0.1) is 0 Å². The van der Waals surface area contributed by atoms with Gasteiger partial charge in [-0.25, -0.2) is 9.50 Å². The topological polar surface area (TPSA) is 150 Å². The lowest BCUT2D eigenvalue weighted by molar-refractivity contribution is -0.117. The van der Waals surface area contributed by atoms with Crippen molar-refractivity contribution in [1.82, 2.24) is 19.9 Å². The summed E-state index contributed by atoms with van der Waals surface area (Å²) < 4.78 is 7.14. The molecule has 11 nitrogen and oxygen atoms in total. The number of nitrogens with one attached hydrogen (secondary N) is 3. The Morgan fingerprint density at radius 1 is 1.30 bits per heavy atom. The Balaban J connectivity index is 1.75. The van der Waals surface area contributed by atoms with Crippen molar-refractivity contribution >= 4 is 42.4 Å². The molecule has 3 heterocycles. The Kier molecular flexibility index (Phi) is 5.96. The molecule has 4 rings (SSSR count). The van der Waals surface area contributed by atoms with Crippen molar-refractivity contribution in [3.05, 3.63) is 41.9 Å². The van der Waals surface area contributed by atoms with E-state index in [1.807, 2.05) is 13.0 Å². The summed E-state index contributed by atoms with van der Waals surface area (Å²) >= 11 is 0. The summed E-state index contributed by atoms with van der Waals surface area (Å²) in [4.78, 5) is 29.1. The van der Waals surface area contributed by atoms with E-state index in [2.05, 4.69) is 26.0 Å². The highest BCUT2D eigenvalue weighted by atomic mass is 16.5. The molecule has 1 aliphatic rings. The first-order valence-corrected chi connectivity index (χ1v) is 10.6. The van der Waals surface area contributed by atoms with Gasteiger partial charge in [-0.3, -0.25) is 9.59 Å². The normalized spacial score (nSPS) is 13.6. The van der Waals surface area contributed by atoms with Crippen molar-refractivity contribution in [3.8, 4) is 5.75 Å². The Bertz CT molecular complexity index is 1220. The number of nitrogens with zero attached hydrogens (tertiary/aromatic N) is 3. The minimum Gasteiger partial charge on any atom is -0.493 e. The van der Waals surface area contributed by atoms with E-state index in [4.69, 9.17) is 4.74 Å². The van der Waals surface area contributed by atoms with Crippen LogP contribution in [-0.2, 0) is 11.2 Å². The number of hydrogen-bond donors (Lipinski definition) is 5. The van der Waals surface area contributed by atoms with Crippen molar-refractivity contribution in [2.45, 2.75) is 32.0 Å². The quantitative estimate of drug-likeness (QED) is 0.243. The molecule has 1 fully saturated rings. The minimum absolute atomic E-state index is 0.0147. The predicted octanol–water partition coefficient (Wildman–Crippen LogP) is 0.351. The van der Waals surface area contributed by atoms with E-state index in [1.165, 1.54) is 6.20 Å². The third-order valence-corrected chi connectivity index (χ3v) is 5.30. The molecule has 33 heavy (non-hydrogen) atoms. The van der Waals surface area contributed by atoms with Gasteiger partial charge in [0.25, 0.3) is 5.91 Å². The number of aryl methyl sites for hydroxylation is 1. The highest BCUT2D eigenvalue weighted by Gasteiger charge is 2.30. The second-order valence-electron chi connectivity index (χ2n) is 8.05. The maximum Gasteiger partial charge on any atom is 0.258 e. The van der Waals surface area contributed by atoms with E-state index in [-0.39, 0.29) is 23.2 Å². The van der Waals surface area contributed by atoms with Gasteiger partial charge in [0.2, 0.25) is 13.8 Å². The lowest BCUT2D eigenvalue weighted by Crippen LogP contribution is -2.49. The number of methoxy groups -OCH3 is 1. The van der Waals surface area contributed by atoms with Crippen molar-refractivity contribution in [2.75, 3.05) is 17.7 Å². The Hall–Kier alpha value is -3.64. The number of carbonyl (C=O) groups is 2. The third kappa shape index (κ3) is 4.91. The molecule has 0 saturated heterocycles. The second kappa shape index (κ2) is 8.72. The van der Waals surface area contributed by atoms with Crippen LogP contribution in [0.2, 0.25) is 0 Å². The van der Waals surface area contributed by atoms with E-state index in [1.54, 1.807) is 30.1 Å². The number of fused-ring (bicyclic) bond motifs is 1. The number of ether oxygens (including phenoxy) is 1. The predicted molar refractivity (Wildman–Crippen MR) is 123 cm³/mol. The van der Waals surface area contributed by atoms with Crippen LogP contribution in [0.25, 0.3) is 5.52 Å². The zero-order valence-electron chi connectivity index (χ0n) is 18.5. The first-order valence-electron chi connectivity index (χ1n) is 10.6. The zero-order valence-corrected chi connectivity index (χ0v) is 18.5. The molecule has 5 N–H and O–H groups in total. The fourth-order valence-corrected chi connectivity index (χ4v) is 3.55. The Morgan fingerprint density at radius 2 is 2.06 bits per heavy atom. The zero-order chi connectivity index (χ0) is 23.8. The van der Waals surface area contributed by atoms with Crippen LogP contribution in [0.5, 0.6) is 5.75 Å². The average molecular weight is 452 g/mol. The van der Waals surface area contributed by atoms with Crippen molar-refractivity contribution in [1.29, 1.82) is 0 Å². The molecule has 172 valence electrons. The van der Waals surface area contributed by atoms with Crippen LogP contribution in [0, 0.1) is 5.92 Å². The van der Waals surface area contributed by atoms with Gasteiger partial charge in [0, 0.05) is 35.6 Å². The molecular weight excluding hydrogens is 427 g/mol. The van der Waals surface area contributed by atoms with E-state index in [9.17, 15) is 19.8 Å². The summed E-state index contributed by atoms with van der Waals surface area (Å²) in [6, 6.07) is 3.35. The summed E-state index contributed by atoms with van der Waals surface area (Å²) in [6.45, 7) is 1.98. The van der Waals surface area contributed by atoms with Gasteiger partial charge in [0.1, 0.15) is 11.3 Å². The molecule has 2 amide bonds. The summed E-state index contributed by atoms with van der Waals surface area (Å²) in [6.07, 6.45) is 6.98. The van der Waals surface area contributed by atoms with E-state index >= 15 is 0 Å². The highest BCUT2D eigenvalue weighted by molar-refractivity contribution is 6.15. The van der Waals surface area contributed by atoms with Crippen LogP contribution in [0.3, 0.4) is 0 Å². The number of anilines is 3. The van der Waals surface area contributed by atoms with Crippen molar-refractivity contribution < 1.29 is 24.5 Å². The standard InChI is InChI=1S/C21H25BN6O5/c1-3-12-14(6-7-28-18(12)16(33-2)10-24-28)25-15-8-17(26-19(29)11-4-5-11)23-9-13(15)20(30)27-21(22,31)32/h6-11,31-32H,3-5,22H2,1-2H3,(H,27,30)(H2,23,25,26,29). The van der Waals surface area contributed by atoms with E-state index < -0.39 is 11.7 Å². The lowest BCUT2D eigenvalue weighted by Gasteiger charge is -2.20. The molecular formula is C21H25BN6O5. The van der Waals surface area contributed by atoms with E-state index in [0.717, 1.165) is 31.8 Å². The fourth-order valence-electron chi connectivity index (χ4n) is 3.55. The Morgan fingerprint density at radius 3 is 2.70 bits per heavy atom. The van der Waals surface area contributed by atoms with Crippen LogP contribution in [-0.4, -0.2) is 57.4 Å². The molecule has 0 bridgehead atoms. The molecule has 0 aromatic carbocycles. The second-order valence-corrected chi connectivity index (χ2v) is 8.05. The van der Waals surface area contributed by atoms with E-state index in [0.29, 0.717) is 23.5 Å². The lowest BCUT2D eigenvalue weighted by atomic mass is 10.0. The minimum atomic E-state index is -2.41. The summed E-state index contributed by atoms with van der Waals surface area (Å²) in [7, 11) is 2.60. The fraction of sp³-hybridized carbons (Fsp3) is 0.333. The number of carbonyl (C=O) groups excluding carboxylic acids is 2. The molecule has 0 aliphatic heterocycles. The maximum absolute atomic E-state index is 12.7. The van der Waals surface area contributed by atoms with Gasteiger partial charge in [-0.05, 0) is 25.3 Å². The maximum atomic E-state index is 12.7. The average Bonchev–Trinajstić information content (AvgIpc) is 3.52. The van der Waals surface area contributed by atoms with Crippen LogP contribution < -0.4 is 20.7 Å². The molecule has 3 aromatic heterocycles. The van der Waals surface area contributed by atoms with Gasteiger partial charge >= 0.3 is 0 Å². The van der Waals surface area contributed by atoms with Crippen molar-refractivity contribution in [3.63, 3.8) is 0 Å². The van der Waals surface area contributed by atoms with Gasteiger partial charge in [-0.2, -0.15) is 5.10 Å². The third-order valence-electron chi connectivity index (χ3n) is 5.30. The van der Waals surface area contributed by atoms with Crippen LogP contribution in [0.1, 0.15) is 35.7 Å². The molecule has 1 saturated carbocycles. The first-order chi connectivity index (χ1) is 15.7. The SMILES string of the molecule is BC(O)(O)NC(=O)c1cnc(NC(=O)C2CC2)cc1Nc1ccn2ncc(OC)c2c1CC. The molecule has 1 aliphatic carbocycles. The molecule has 0 radical (unpaired) electrons. The molecule has 12 heteroatoms. The summed E-state index contributed by atoms with van der Waals surface area (Å²) in [5.41, 5.74) is 2.77. The van der Waals surface area contributed by atoms with Gasteiger partial charge in [-0.1, -0.05) is 6.92 Å². The molecule has 0 unspecified atom stereocenters. The number of hydrogen-bond acceptors (Lipinski definition) is 8. The monoisotopic (exact) mass is 452 g/mol. The van der Waals surface area contributed by atoms with Crippen molar-refractivity contribution in [2.24, 2.45) is 5.92 Å². The molecule has 0 spiro atoms. The summed E-state index contributed by atoms with van der Waals surface area (Å²) in [5.74, 6) is -2.41. The highest BCUT2D eigenvalue weighted by Crippen LogP contribution is 2.33.